The van der Waals surface area contributed by atoms with Gasteiger partial charge in [0.1, 0.15) is 0 Å². The number of hydrogen-bond acceptors (Lipinski definition) is 4. The maximum atomic E-state index is 5.74. The fourth-order valence-corrected chi connectivity index (χ4v) is 1.99. The Bertz CT molecular complexity index is 707. The quantitative estimate of drug-likeness (QED) is 0.731. The number of benzene rings is 2. The van der Waals surface area contributed by atoms with E-state index < -0.39 is 0 Å². The number of anilines is 1. The molecule has 0 amide bonds. The van der Waals surface area contributed by atoms with Gasteiger partial charge in [0.2, 0.25) is 11.8 Å². The van der Waals surface area contributed by atoms with Crippen LogP contribution < -0.4 is 5.73 Å². The summed E-state index contributed by atoms with van der Waals surface area (Å²) < 4.78 is 6.66. The van der Waals surface area contributed by atoms with Crippen LogP contribution in [0.5, 0.6) is 0 Å². The normalized spacial score (nSPS) is 10.6. The van der Waals surface area contributed by atoms with Crippen molar-refractivity contribution < 1.29 is 4.42 Å². The highest BCUT2D eigenvalue weighted by atomic mass is 79.9. The standard InChI is InChI=1S/C14H10BrN3O/c15-11-6-4-9(5-7-11)13-17-18-14(19-13)10-2-1-3-12(16)8-10/h1-8H,16H2. The second kappa shape index (κ2) is 4.85. The summed E-state index contributed by atoms with van der Waals surface area (Å²) in [5, 5.41) is 8.09. The van der Waals surface area contributed by atoms with E-state index in [1.807, 2.05) is 42.5 Å². The number of aromatic nitrogens is 2. The van der Waals surface area contributed by atoms with Gasteiger partial charge in [0.15, 0.2) is 0 Å². The Hall–Kier alpha value is -2.14. The van der Waals surface area contributed by atoms with E-state index >= 15 is 0 Å². The second-order valence-corrected chi connectivity index (χ2v) is 4.96. The van der Waals surface area contributed by atoms with Crippen LogP contribution >= 0.6 is 15.9 Å². The minimum atomic E-state index is 0.463. The van der Waals surface area contributed by atoms with Gasteiger partial charge in [0.25, 0.3) is 0 Å². The van der Waals surface area contributed by atoms with E-state index in [1.165, 1.54) is 0 Å². The van der Waals surface area contributed by atoms with Gasteiger partial charge in [-0.3, -0.25) is 0 Å². The van der Waals surface area contributed by atoms with E-state index in [0.717, 1.165) is 15.6 Å². The molecule has 2 N–H and O–H groups in total. The van der Waals surface area contributed by atoms with Crippen molar-refractivity contribution in [2.45, 2.75) is 0 Å². The first-order valence-corrected chi connectivity index (χ1v) is 6.47. The summed E-state index contributed by atoms with van der Waals surface area (Å²) in [6, 6.07) is 15.1. The fourth-order valence-electron chi connectivity index (χ4n) is 1.72. The number of hydrogen-bond donors (Lipinski definition) is 1. The molecule has 5 heteroatoms. The Labute approximate surface area is 118 Å². The van der Waals surface area contributed by atoms with Gasteiger partial charge in [-0.15, -0.1) is 10.2 Å². The molecule has 0 unspecified atom stereocenters. The van der Waals surface area contributed by atoms with Gasteiger partial charge < -0.3 is 10.2 Å². The van der Waals surface area contributed by atoms with Crippen molar-refractivity contribution in [3.05, 3.63) is 53.0 Å². The van der Waals surface area contributed by atoms with Gasteiger partial charge in [-0.25, -0.2) is 0 Å². The molecule has 0 bridgehead atoms. The molecule has 0 aliphatic rings. The third kappa shape index (κ3) is 2.51. The first kappa shape index (κ1) is 11.9. The molecule has 3 rings (SSSR count). The van der Waals surface area contributed by atoms with E-state index in [2.05, 4.69) is 26.1 Å². The Balaban J connectivity index is 1.97. The monoisotopic (exact) mass is 315 g/mol. The summed E-state index contributed by atoms with van der Waals surface area (Å²) in [4.78, 5) is 0. The highest BCUT2D eigenvalue weighted by molar-refractivity contribution is 9.10. The van der Waals surface area contributed by atoms with Gasteiger partial charge in [-0.2, -0.15) is 0 Å². The molecule has 0 atom stereocenters. The molecular weight excluding hydrogens is 306 g/mol. The smallest absolute Gasteiger partial charge is 0.248 e. The zero-order chi connectivity index (χ0) is 13.2. The molecule has 2 aromatic carbocycles. The first-order chi connectivity index (χ1) is 9.22. The van der Waals surface area contributed by atoms with Crippen molar-refractivity contribution in [2.24, 2.45) is 0 Å². The highest BCUT2D eigenvalue weighted by Crippen LogP contribution is 2.25. The Morgan fingerprint density at radius 1 is 0.895 bits per heavy atom. The molecular formula is C14H10BrN3O. The fraction of sp³-hybridized carbons (Fsp3) is 0. The summed E-state index contributed by atoms with van der Waals surface area (Å²) in [5.74, 6) is 0.954. The molecule has 1 aromatic heterocycles. The zero-order valence-corrected chi connectivity index (χ0v) is 11.5. The van der Waals surface area contributed by atoms with E-state index in [1.54, 1.807) is 6.07 Å². The van der Waals surface area contributed by atoms with E-state index in [-0.39, 0.29) is 0 Å². The van der Waals surface area contributed by atoms with Crippen LogP contribution in [0, 0.1) is 0 Å². The highest BCUT2D eigenvalue weighted by Gasteiger charge is 2.10. The number of nitrogen functional groups attached to an aromatic ring is 1. The number of halogens is 1. The largest absolute Gasteiger partial charge is 0.416 e. The van der Waals surface area contributed by atoms with Gasteiger partial charge in [0, 0.05) is 21.3 Å². The molecule has 0 aliphatic heterocycles. The van der Waals surface area contributed by atoms with E-state index in [4.69, 9.17) is 10.2 Å². The van der Waals surface area contributed by atoms with Gasteiger partial charge in [0.05, 0.1) is 0 Å². The number of rotatable bonds is 2. The predicted octanol–water partition coefficient (Wildman–Crippen LogP) is 3.75. The SMILES string of the molecule is Nc1cccc(-c2nnc(-c3ccc(Br)cc3)o2)c1. The molecule has 3 aromatic rings. The molecule has 0 saturated heterocycles. The molecule has 19 heavy (non-hydrogen) atoms. The molecule has 0 fully saturated rings. The Kier molecular flexibility index (Phi) is 3.05. The summed E-state index contributed by atoms with van der Waals surface area (Å²) in [5.41, 5.74) is 8.10. The van der Waals surface area contributed by atoms with Gasteiger partial charge in [-0.1, -0.05) is 22.0 Å². The van der Waals surface area contributed by atoms with Crippen LogP contribution in [0.3, 0.4) is 0 Å². The van der Waals surface area contributed by atoms with Crippen LogP contribution in [0.2, 0.25) is 0 Å². The molecule has 1 heterocycles. The number of nitrogens with two attached hydrogens (primary N) is 1. The Morgan fingerprint density at radius 3 is 2.26 bits per heavy atom. The third-order valence-corrected chi connectivity index (χ3v) is 3.18. The van der Waals surface area contributed by atoms with E-state index in [9.17, 15) is 0 Å². The average molecular weight is 316 g/mol. The van der Waals surface area contributed by atoms with Gasteiger partial charge in [-0.05, 0) is 42.5 Å². The maximum Gasteiger partial charge on any atom is 0.248 e. The zero-order valence-electron chi connectivity index (χ0n) is 9.88. The van der Waals surface area contributed by atoms with Gasteiger partial charge >= 0.3 is 0 Å². The summed E-state index contributed by atoms with van der Waals surface area (Å²) >= 11 is 3.39. The van der Waals surface area contributed by atoms with Crippen molar-refractivity contribution in [2.75, 3.05) is 5.73 Å². The van der Waals surface area contributed by atoms with Crippen molar-refractivity contribution >= 4 is 21.6 Å². The van der Waals surface area contributed by atoms with E-state index in [0.29, 0.717) is 17.5 Å². The maximum absolute atomic E-state index is 5.74. The topological polar surface area (TPSA) is 64.9 Å². The third-order valence-electron chi connectivity index (χ3n) is 2.65. The number of nitrogens with zero attached hydrogens (tertiary/aromatic N) is 2. The van der Waals surface area contributed by atoms with Crippen LogP contribution in [-0.2, 0) is 0 Å². The van der Waals surface area contributed by atoms with Crippen molar-refractivity contribution in [1.29, 1.82) is 0 Å². The lowest BCUT2D eigenvalue weighted by Gasteiger charge is -1.97. The van der Waals surface area contributed by atoms with Crippen LogP contribution in [0.4, 0.5) is 5.69 Å². The van der Waals surface area contributed by atoms with Crippen molar-refractivity contribution in [1.82, 2.24) is 10.2 Å². The molecule has 4 nitrogen and oxygen atoms in total. The Morgan fingerprint density at radius 2 is 1.58 bits per heavy atom. The molecule has 0 saturated carbocycles. The molecule has 0 aliphatic carbocycles. The van der Waals surface area contributed by atoms with Crippen LogP contribution in [0.25, 0.3) is 22.9 Å². The summed E-state index contributed by atoms with van der Waals surface area (Å²) in [7, 11) is 0. The summed E-state index contributed by atoms with van der Waals surface area (Å²) in [6.45, 7) is 0. The van der Waals surface area contributed by atoms with Crippen LogP contribution in [-0.4, -0.2) is 10.2 Å². The molecule has 0 radical (unpaired) electrons. The van der Waals surface area contributed by atoms with Crippen LogP contribution in [0.15, 0.2) is 57.4 Å². The average Bonchev–Trinajstić information content (AvgIpc) is 2.89. The predicted molar refractivity (Wildman–Crippen MR) is 77.3 cm³/mol. The molecule has 94 valence electrons. The van der Waals surface area contributed by atoms with Crippen molar-refractivity contribution in [3.8, 4) is 22.9 Å². The minimum absolute atomic E-state index is 0.463. The second-order valence-electron chi connectivity index (χ2n) is 4.04. The first-order valence-electron chi connectivity index (χ1n) is 5.68. The molecule has 0 spiro atoms. The van der Waals surface area contributed by atoms with Crippen LogP contribution in [0.1, 0.15) is 0 Å². The lowest BCUT2D eigenvalue weighted by molar-refractivity contribution is 0.584. The lowest BCUT2D eigenvalue weighted by Crippen LogP contribution is -1.84. The van der Waals surface area contributed by atoms with Crippen molar-refractivity contribution in [3.63, 3.8) is 0 Å². The minimum Gasteiger partial charge on any atom is -0.416 e. The summed E-state index contributed by atoms with van der Waals surface area (Å²) in [6.07, 6.45) is 0. The lowest BCUT2D eigenvalue weighted by atomic mass is 10.2.